The van der Waals surface area contributed by atoms with Crippen LogP contribution >= 0.6 is 11.6 Å². The lowest BCUT2D eigenvalue weighted by molar-refractivity contribution is -0.128. The predicted octanol–water partition coefficient (Wildman–Crippen LogP) is 3.47. The summed E-state index contributed by atoms with van der Waals surface area (Å²) in [5.74, 6) is -0.187. The lowest BCUT2D eigenvalue weighted by Crippen LogP contribution is -2.42. The highest BCUT2D eigenvalue weighted by Gasteiger charge is 2.29. The van der Waals surface area contributed by atoms with E-state index in [1.165, 1.54) is 0 Å². The number of anilines is 1. The lowest BCUT2D eigenvalue weighted by Gasteiger charge is -2.26. The van der Waals surface area contributed by atoms with E-state index in [0.29, 0.717) is 23.8 Å². The van der Waals surface area contributed by atoms with E-state index in [2.05, 4.69) is 0 Å². The molecule has 0 spiro atoms. The van der Waals surface area contributed by atoms with Crippen LogP contribution < -0.4 is 4.31 Å². The second kappa shape index (κ2) is 7.68. The summed E-state index contributed by atoms with van der Waals surface area (Å²) < 4.78 is 27.6. The molecule has 0 bridgehead atoms. The number of aryl methyl sites for hydroxylation is 1. The van der Waals surface area contributed by atoms with Crippen molar-refractivity contribution >= 4 is 33.2 Å². The molecule has 0 atom stereocenters. The smallest absolute Gasteiger partial charge is 0.264 e. The van der Waals surface area contributed by atoms with Crippen molar-refractivity contribution in [3.63, 3.8) is 0 Å². The molecule has 3 rings (SSSR count). The summed E-state index contributed by atoms with van der Waals surface area (Å²) in [6.07, 6.45) is 1.91. The minimum Gasteiger partial charge on any atom is -0.341 e. The fourth-order valence-electron chi connectivity index (χ4n) is 2.95. The highest BCUT2D eigenvalue weighted by atomic mass is 35.5. The second-order valence-electron chi connectivity index (χ2n) is 6.39. The van der Waals surface area contributed by atoms with Crippen LogP contribution in [0.1, 0.15) is 18.4 Å². The third kappa shape index (κ3) is 4.02. The molecule has 2 aromatic rings. The molecule has 1 amide bonds. The largest absolute Gasteiger partial charge is 0.341 e. The van der Waals surface area contributed by atoms with Crippen LogP contribution in [0.25, 0.3) is 0 Å². The van der Waals surface area contributed by atoms with Crippen LogP contribution in [0.15, 0.2) is 53.4 Å². The van der Waals surface area contributed by atoms with Crippen LogP contribution in [0, 0.1) is 6.92 Å². The van der Waals surface area contributed by atoms with E-state index in [-0.39, 0.29) is 17.3 Å². The summed E-state index contributed by atoms with van der Waals surface area (Å²) in [7, 11) is -3.87. The van der Waals surface area contributed by atoms with Gasteiger partial charge in [-0.2, -0.15) is 0 Å². The van der Waals surface area contributed by atoms with Gasteiger partial charge in [0.05, 0.1) is 10.6 Å². The third-order valence-electron chi connectivity index (χ3n) is 4.46. The molecule has 26 heavy (non-hydrogen) atoms. The van der Waals surface area contributed by atoms with Crippen LogP contribution in [0.4, 0.5) is 5.69 Å². The molecular formula is C19H21ClN2O3S. The van der Waals surface area contributed by atoms with Crippen molar-refractivity contribution in [2.45, 2.75) is 24.7 Å². The summed E-state index contributed by atoms with van der Waals surface area (Å²) in [4.78, 5) is 14.5. The topological polar surface area (TPSA) is 57.7 Å². The summed E-state index contributed by atoms with van der Waals surface area (Å²) in [6.45, 7) is 3.03. The fraction of sp³-hybridized carbons (Fsp3) is 0.316. The number of benzene rings is 2. The second-order valence-corrected chi connectivity index (χ2v) is 8.69. The summed E-state index contributed by atoms with van der Waals surface area (Å²) in [5, 5.41) is 0.507. The molecule has 138 valence electrons. The van der Waals surface area contributed by atoms with Gasteiger partial charge in [-0.1, -0.05) is 29.3 Å². The van der Waals surface area contributed by atoms with E-state index in [1.807, 2.05) is 6.92 Å². The maximum Gasteiger partial charge on any atom is 0.264 e. The molecule has 0 radical (unpaired) electrons. The maximum absolute atomic E-state index is 13.2. The van der Waals surface area contributed by atoms with Gasteiger partial charge in [-0.3, -0.25) is 9.10 Å². The van der Waals surface area contributed by atoms with Gasteiger partial charge in [0.25, 0.3) is 10.0 Å². The van der Waals surface area contributed by atoms with Crippen LogP contribution in [0.2, 0.25) is 5.02 Å². The number of halogens is 1. The molecular weight excluding hydrogens is 372 g/mol. The minimum absolute atomic E-state index is 0.160. The molecule has 0 N–H and O–H groups in total. The number of hydrogen-bond acceptors (Lipinski definition) is 3. The Hall–Kier alpha value is -2.05. The highest BCUT2D eigenvalue weighted by molar-refractivity contribution is 7.92. The average Bonchev–Trinajstić information content (AvgIpc) is 3.15. The Morgan fingerprint density at radius 3 is 2.19 bits per heavy atom. The van der Waals surface area contributed by atoms with E-state index >= 15 is 0 Å². The van der Waals surface area contributed by atoms with Crippen molar-refractivity contribution in [1.29, 1.82) is 0 Å². The van der Waals surface area contributed by atoms with Gasteiger partial charge in [0.1, 0.15) is 6.54 Å². The van der Waals surface area contributed by atoms with Gasteiger partial charge in [0, 0.05) is 18.1 Å². The molecule has 0 saturated carbocycles. The number of carbonyl (C=O) groups is 1. The highest BCUT2D eigenvalue weighted by Crippen LogP contribution is 2.26. The lowest BCUT2D eigenvalue weighted by atomic mass is 10.2. The molecule has 1 saturated heterocycles. The molecule has 0 unspecified atom stereocenters. The van der Waals surface area contributed by atoms with Gasteiger partial charge >= 0.3 is 0 Å². The molecule has 7 heteroatoms. The minimum atomic E-state index is -3.87. The number of sulfonamides is 1. The van der Waals surface area contributed by atoms with Crippen molar-refractivity contribution in [2.24, 2.45) is 0 Å². The monoisotopic (exact) mass is 392 g/mol. The van der Waals surface area contributed by atoms with E-state index in [4.69, 9.17) is 11.6 Å². The Balaban J connectivity index is 1.97. The van der Waals surface area contributed by atoms with Gasteiger partial charge in [0.2, 0.25) is 5.91 Å². The fourth-order valence-corrected chi connectivity index (χ4v) is 4.49. The zero-order chi connectivity index (χ0) is 18.7. The van der Waals surface area contributed by atoms with E-state index in [0.717, 1.165) is 22.7 Å². The maximum atomic E-state index is 13.2. The SMILES string of the molecule is Cc1ccc(S(=O)(=O)N(CC(=O)N2CCCC2)c2ccc(Cl)cc2)cc1. The number of amides is 1. The van der Waals surface area contributed by atoms with Crippen LogP contribution in [-0.4, -0.2) is 38.9 Å². The van der Waals surface area contributed by atoms with E-state index in [9.17, 15) is 13.2 Å². The Bertz CT molecular complexity index is 874. The number of rotatable bonds is 5. The van der Waals surface area contributed by atoms with Gasteiger partial charge in [-0.15, -0.1) is 0 Å². The Kier molecular flexibility index (Phi) is 5.53. The Morgan fingerprint density at radius 1 is 1.04 bits per heavy atom. The van der Waals surface area contributed by atoms with Gasteiger partial charge in [-0.25, -0.2) is 8.42 Å². The molecule has 0 aromatic heterocycles. The van der Waals surface area contributed by atoms with Crippen LogP contribution in [0.5, 0.6) is 0 Å². The van der Waals surface area contributed by atoms with Crippen molar-refractivity contribution in [2.75, 3.05) is 23.9 Å². The predicted molar refractivity (Wildman–Crippen MR) is 103 cm³/mol. The van der Waals surface area contributed by atoms with E-state index in [1.54, 1.807) is 53.4 Å². The van der Waals surface area contributed by atoms with Crippen molar-refractivity contribution in [3.05, 3.63) is 59.1 Å². The molecule has 1 heterocycles. The van der Waals surface area contributed by atoms with Crippen molar-refractivity contribution in [1.82, 2.24) is 4.90 Å². The zero-order valence-corrected chi connectivity index (χ0v) is 16.1. The normalized spacial score (nSPS) is 14.5. The molecule has 1 aliphatic heterocycles. The quantitative estimate of drug-likeness (QED) is 0.782. The van der Waals surface area contributed by atoms with E-state index < -0.39 is 10.0 Å². The molecule has 0 aliphatic carbocycles. The van der Waals surface area contributed by atoms with Gasteiger partial charge < -0.3 is 4.90 Å². The first kappa shape index (κ1) is 18.7. The first-order valence-electron chi connectivity index (χ1n) is 8.51. The first-order chi connectivity index (χ1) is 12.4. The zero-order valence-electron chi connectivity index (χ0n) is 14.6. The number of likely N-dealkylation sites (tertiary alicyclic amines) is 1. The first-order valence-corrected chi connectivity index (χ1v) is 10.3. The molecule has 5 nitrogen and oxygen atoms in total. The number of hydrogen-bond donors (Lipinski definition) is 0. The van der Waals surface area contributed by atoms with Gasteiger partial charge in [-0.05, 0) is 56.2 Å². The third-order valence-corrected chi connectivity index (χ3v) is 6.50. The standard InChI is InChI=1S/C19H21ClN2O3S/c1-15-4-10-18(11-5-15)26(24,25)22(17-8-6-16(20)7-9-17)14-19(23)21-12-2-3-13-21/h4-11H,2-3,12-14H2,1H3. The number of nitrogens with zero attached hydrogens (tertiary/aromatic N) is 2. The summed E-state index contributed by atoms with van der Waals surface area (Å²) >= 11 is 5.93. The van der Waals surface area contributed by atoms with Crippen LogP contribution in [-0.2, 0) is 14.8 Å². The summed E-state index contributed by atoms with van der Waals surface area (Å²) in [5.41, 5.74) is 1.39. The molecule has 1 fully saturated rings. The Labute approximate surface area is 159 Å². The summed E-state index contributed by atoms with van der Waals surface area (Å²) in [6, 6.07) is 13.1. The van der Waals surface area contributed by atoms with Crippen LogP contribution in [0.3, 0.4) is 0 Å². The average molecular weight is 393 g/mol. The molecule has 1 aliphatic rings. The molecule has 2 aromatic carbocycles. The number of carbonyl (C=O) groups excluding carboxylic acids is 1. The van der Waals surface area contributed by atoms with Crippen molar-refractivity contribution in [3.8, 4) is 0 Å². The van der Waals surface area contributed by atoms with Crippen molar-refractivity contribution < 1.29 is 13.2 Å². The Morgan fingerprint density at radius 2 is 1.62 bits per heavy atom. The van der Waals surface area contributed by atoms with Gasteiger partial charge in [0.15, 0.2) is 0 Å².